The Bertz CT molecular complexity index is 586. The van der Waals surface area contributed by atoms with Crippen molar-refractivity contribution in [1.29, 1.82) is 0 Å². The van der Waals surface area contributed by atoms with Gasteiger partial charge in [0.25, 0.3) is 0 Å². The third kappa shape index (κ3) is 4.83. The summed E-state index contributed by atoms with van der Waals surface area (Å²) in [6.07, 6.45) is 1.75. The molecular weight excluding hydrogens is 333 g/mol. The molecule has 0 bridgehead atoms. The molecule has 0 aliphatic rings. The fourth-order valence-electron chi connectivity index (χ4n) is 1.97. The summed E-state index contributed by atoms with van der Waals surface area (Å²) in [4.78, 5) is 0. The first-order valence-corrected chi connectivity index (χ1v) is 7.79. The zero-order valence-electron chi connectivity index (χ0n) is 12.0. The Kier molecular flexibility index (Phi) is 5.76. The Morgan fingerprint density at radius 1 is 1.19 bits per heavy atom. The molecule has 0 saturated heterocycles. The minimum Gasteiger partial charge on any atom is -0.489 e. The maximum atomic E-state index is 12.8. The van der Waals surface area contributed by atoms with Crippen molar-refractivity contribution in [2.75, 3.05) is 0 Å². The highest BCUT2D eigenvalue weighted by atomic mass is 79.9. The van der Waals surface area contributed by atoms with E-state index < -0.39 is 0 Å². The molecular formula is C17H19BrFNO. The molecule has 21 heavy (non-hydrogen) atoms. The van der Waals surface area contributed by atoms with Gasteiger partial charge in [-0.05, 0) is 54.3 Å². The van der Waals surface area contributed by atoms with Crippen molar-refractivity contribution >= 4 is 15.9 Å². The number of rotatable bonds is 6. The molecule has 0 fully saturated rings. The quantitative estimate of drug-likeness (QED) is 0.834. The van der Waals surface area contributed by atoms with E-state index in [4.69, 9.17) is 10.5 Å². The van der Waals surface area contributed by atoms with Crippen molar-refractivity contribution < 1.29 is 9.13 Å². The van der Waals surface area contributed by atoms with E-state index in [1.807, 2.05) is 18.2 Å². The van der Waals surface area contributed by atoms with Crippen LogP contribution in [0.25, 0.3) is 0 Å². The van der Waals surface area contributed by atoms with E-state index in [0.29, 0.717) is 6.61 Å². The first kappa shape index (κ1) is 16.0. The van der Waals surface area contributed by atoms with E-state index >= 15 is 0 Å². The molecule has 0 aliphatic heterocycles. The third-order valence-corrected chi connectivity index (χ3v) is 4.12. The number of nitrogens with two attached hydrogens (primary N) is 1. The minimum absolute atomic E-state index is 0.147. The summed E-state index contributed by atoms with van der Waals surface area (Å²) in [7, 11) is 0. The minimum atomic E-state index is -0.238. The Morgan fingerprint density at radius 2 is 1.90 bits per heavy atom. The highest BCUT2D eigenvalue weighted by Crippen LogP contribution is 2.24. The Morgan fingerprint density at radius 3 is 2.57 bits per heavy atom. The molecule has 4 heteroatoms. The molecule has 2 rings (SSSR count). The van der Waals surface area contributed by atoms with E-state index in [2.05, 4.69) is 22.9 Å². The molecule has 0 aromatic heterocycles. The Balaban J connectivity index is 2.03. The molecule has 0 amide bonds. The van der Waals surface area contributed by atoms with Crippen LogP contribution in [0.15, 0.2) is 46.9 Å². The van der Waals surface area contributed by atoms with Crippen molar-refractivity contribution in [3.05, 3.63) is 63.9 Å². The van der Waals surface area contributed by atoms with Crippen LogP contribution in [-0.2, 0) is 13.0 Å². The fourth-order valence-corrected chi connectivity index (χ4v) is 2.38. The number of hydrogen-bond acceptors (Lipinski definition) is 2. The normalized spacial score (nSPS) is 12.2. The molecule has 2 aromatic rings. The average molecular weight is 352 g/mol. The summed E-state index contributed by atoms with van der Waals surface area (Å²) in [6.45, 7) is 2.49. The summed E-state index contributed by atoms with van der Waals surface area (Å²) < 4.78 is 19.6. The zero-order valence-corrected chi connectivity index (χ0v) is 13.6. The van der Waals surface area contributed by atoms with Crippen LogP contribution in [0.1, 0.15) is 24.5 Å². The molecule has 0 heterocycles. The van der Waals surface area contributed by atoms with E-state index in [-0.39, 0.29) is 11.9 Å². The molecule has 0 saturated carbocycles. The monoisotopic (exact) mass is 351 g/mol. The highest BCUT2D eigenvalue weighted by molar-refractivity contribution is 9.10. The lowest BCUT2D eigenvalue weighted by Gasteiger charge is -2.13. The SMILES string of the molecule is CCC(N)Cc1cc(OCc2ccc(F)cc2)ccc1Br. The lowest BCUT2D eigenvalue weighted by molar-refractivity contribution is 0.305. The topological polar surface area (TPSA) is 35.2 Å². The van der Waals surface area contributed by atoms with Crippen molar-refractivity contribution in [1.82, 2.24) is 0 Å². The first-order valence-electron chi connectivity index (χ1n) is 6.99. The summed E-state index contributed by atoms with van der Waals surface area (Å²) >= 11 is 3.54. The molecule has 112 valence electrons. The number of halogens is 2. The molecule has 2 N–H and O–H groups in total. The van der Waals surface area contributed by atoms with Gasteiger partial charge >= 0.3 is 0 Å². The van der Waals surface area contributed by atoms with Crippen LogP contribution < -0.4 is 10.5 Å². The second kappa shape index (κ2) is 7.57. The molecule has 1 unspecified atom stereocenters. The van der Waals surface area contributed by atoms with Gasteiger partial charge in [0, 0.05) is 10.5 Å². The van der Waals surface area contributed by atoms with Crippen molar-refractivity contribution in [3.8, 4) is 5.75 Å². The summed E-state index contributed by atoms with van der Waals surface area (Å²) in [5, 5.41) is 0. The van der Waals surface area contributed by atoms with Gasteiger partial charge in [0.05, 0.1) is 0 Å². The van der Waals surface area contributed by atoms with Gasteiger partial charge in [-0.2, -0.15) is 0 Å². The number of benzene rings is 2. The first-order chi connectivity index (χ1) is 10.1. The predicted molar refractivity (Wildman–Crippen MR) is 86.8 cm³/mol. The van der Waals surface area contributed by atoms with E-state index in [9.17, 15) is 4.39 Å². The largest absolute Gasteiger partial charge is 0.489 e. The van der Waals surface area contributed by atoms with Crippen molar-refractivity contribution in [2.45, 2.75) is 32.4 Å². The van der Waals surface area contributed by atoms with Gasteiger partial charge in [-0.3, -0.25) is 0 Å². The maximum Gasteiger partial charge on any atom is 0.123 e. The number of hydrogen-bond donors (Lipinski definition) is 1. The van der Waals surface area contributed by atoms with E-state index in [1.165, 1.54) is 12.1 Å². The van der Waals surface area contributed by atoms with Gasteiger partial charge in [-0.15, -0.1) is 0 Å². The average Bonchev–Trinajstić information content (AvgIpc) is 2.49. The lowest BCUT2D eigenvalue weighted by atomic mass is 10.0. The second-order valence-corrected chi connectivity index (χ2v) is 5.90. The number of ether oxygens (including phenoxy) is 1. The Hall–Kier alpha value is -1.39. The maximum absolute atomic E-state index is 12.8. The standard InChI is InChI=1S/C17H19BrFNO/c1-2-15(20)9-13-10-16(7-8-17(13)18)21-11-12-3-5-14(19)6-4-12/h3-8,10,15H,2,9,11,20H2,1H3. The van der Waals surface area contributed by atoms with Crippen LogP contribution in [0.4, 0.5) is 4.39 Å². The van der Waals surface area contributed by atoms with Crippen LogP contribution in [0.3, 0.4) is 0 Å². The third-order valence-electron chi connectivity index (χ3n) is 3.34. The molecule has 0 radical (unpaired) electrons. The molecule has 2 nitrogen and oxygen atoms in total. The molecule has 0 spiro atoms. The van der Waals surface area contributed by atoms with Crippen molar-refractivity contribution in [2.24, 2.45) is 5.73 Å². The van der Waals surface area contributed by atoms with Crippen LogP contribution in [-0.4, -0.2) is 6.04 Å². The van der Waals surface area contributed by atoms with Gasteiger partial charge in [-0.1, -0.05) is 35.0 Å². The smallest absolute Gasteiger partial charge is 0.123 e. The van der Waals surface area contributed by atoms with Crippen molar-refractivity contribution in [3.63, 3.8) is 0 Å². The van der Waals surface area contributed by atoms with Crippen LogP contribution in [0, 0.1) is 5.82 Å². The fraction of sp³-hybridized carbons (Fsp3) is 0.294. The molecule has 1 atom stereocenters. The van der Waals surface area contributed by atoms with E-state index in [1.54, 1.807) is 12.1 Å². The summed E-state index contributed by atoms with van der Waals surface area (Å²) in [5.41, 5.74) is 8.08. The van der Waals surface area contributed by atoms with Crippen LogP contribution in [0.5, 0.6) is 5.75 Å². The van der Waals surface area contributed by atoms with Gasteiger partial charge in [0.15, 0.2) is 0 Å². The van der Waals surface area contributed by atoms with Gasteiger partial charge in [-0.25, -0.2) is 4.39 Å². The summed E-state index contributed by atoms with van der Waals surface area (Å²) in [6, 6.07) is 12.4. The lowest BCUT2D eigenvalue weighted by Crippen LogP contribution is -2.21. The second-order valence-electron chi connectivity index (χ2n) is 5.04. The highest BCUT2D eigenvalue weighted by Gasteiger charge is 2.07. The van der Waals surface area contributed by atoms with Crippen LogP contribution >= 0.6 is 15.9 Å². The summed E-state index contributed by atoms with van der Waals surface area (Å²) in [5.74, 6) is 0.555. The van der Waals surface area contributed by atoms with Crippen LogP contribution in [0.2, 0.25) is 0 Å². The molecule has 0 aliphatic carbocycles. The predicted octanol–water partition coefficient (Wildman–Crippen LogP) is 4.45. The van der Waals surface area contributed by atoms with Gasteiger partial charge in [0.2, 0.25) is 0 Å². The molecule has 2 aromatic carbocycles. The van der Waals surface area contributed by atoms with E-state index in [0.717, 1.165) is 34.2 Å². The zero-order chi connectivity index (χ0) is 15.2. The van der Waals surface area contributed by atoms with Gasteiger partial charge in [0.1, 0.15) is 18.2 Å². The Labute approximate surface area is 133 Å². The van der Waals surface area contributed by atoms with Gasteiger partial charge < -0.3 is 10.5 Å².